The van der Waals surface area contributed by atoms with Gasteiger partial charge in [0.1, 0.15) is 4.88 Å². The van der Waals surface area contributed by atoms with E-state index in [9.17, 15) is 4.79 Å². The highest BCUT2D eigenvalue weighted by Crippen LogP contribution is 2.37. The van der Waals surface area contributed by atoms with E-state index in [2.05, 4.69) is 12.2 Å². The van der Waals surface area contributed by atoms with Crippen molar-refractivity contribution in [3.05, 3.63) is 28.1 Å². The van der Waals surface area contributed by atoms with E-state index in [1.807, 2.05) is 18.2 Å². The molecule has 1 aliphatic carbocycles. The summed E-state index contributed by atoms with van der Waals surface area (Å²) in [5.74, 6) is 0.574. The van der Waals surface area contributed by atoms with E-state index in [-0.39, 0.29) is 5.91 Å². The van der Waals surface area contributed by atoms with Crippen LogP contribution in [0.3, 0.4) is 0 Å². The zero-order valence-electron chi connectivity index (χ0n) is 10.6. The first kappa shape index (κ1) is 12.8. The van der Waals surface area contributed by atoms with Crippen LogP contribution in [0.5, 0.6) is 0 Å². The molecule has 3 nitrogen and oxygen atoms in total. The lowest BCUT2D eigenvalue weighted by molar-refractivity contribution is 0.0954. The summed E-state index contributed by atoms with van der Waals surface area (Å²) in [5, 5.41) is 4.55. The van der Waals surface area contributed by atoms with Crippen LogP contribution in [0.25, 0.3) is 10.1 Å². The Labute approximate surface area is 120 Å². The Balaban J connectivity index is 1.88. The summed E-state index contributed by atoms with van der Waals surface area (Å²) in [6.45, 7) is 2.15. The van der Waals surface area contributed by atoms with Crippen LogP contribution in [0.15, 0.2) is 18.2 Å². The molecule has 0 aliphatic heterocycles. The molecule has 5 heteroatoms. The maximum Gasteiger partial charge on any atom is 0.263 e. The number of amides is 1. The smallest absolute Gasteiger partial charge is 0.263 e. The predicted molar refractivity (Wildman–Crippen MR) is 80.9 cm³/mol. The van der Waals surface area contributed by atoms with Crippen LogP contribution < -0.4 is 11.1 Å². The molecular weight excluding hydrogens is 280 g/mol. The normalized spacial score (nSPS) is 21.6. The van der Waals surface area contributed by atoms with E-state index in [4.69, 9.17) is 17.3 Å². The zero-order chi connectivity index (χ0) is 13.6. The molecule has 2 unspecified atom stereocenters. The van der Waals surface area contributed by atoms with Crippen molar-refractivity contribution in [2.45, 2.75) is 25.8 Å². The first-order valence-electron chi connectivity index (χ1n) is 6.38. The summed E-state index contributed by atoms with van der Waals surface area (Å²) in [4.78, 5) is 12.8. The van der Waals surface area contributed by atoms with Crippen LogP contribution in [0, 0.1) is 5.92 Å². The van der Waals surface area contributed by atoms with Crippen molar-refractivity contribution >= 4 is 44.6 Å². The molecule has 3 rings (SSSR count). The van der Waals surface area contributed by atoms with E-state index in [0.717, 1.165) is 22.9 Å². The maximum atomic E-state index is 12.2. The number of carbonyl (C=O) groups is 1. The van der Waals surface area contributed by atoms with Gasteiger partial charge in [0, 0.05) is 21.2 Å². The molecular formula is C14H15ClN2OS. The Morgan fingerprint density at radius 3 is 3.05 bits per heavy atom. The third-order valence-corrected chi connectivity index (χ3v) is 5.08. The minimum absolute atomic E-state index is 0.0595. The van der Waals surface area contributed by atoms with Gasteiger partial charge in [-0.25, -0.2) is 0 Å². The molecule has 1 fully saturated rings. The number of hydrogen-bond donors (Lipinski definition) is 2. The molecule has 1 aromatic heterocycles. The number of nitrogen functional groups attached to an aromatic ring is 1. The van der Waals surface area contributed by atoms with Crippen molar-refractivity contribution in [3.8, 4) is 0 Å². The van der Waals surface area contributed by atoms with E-state index in [1.54, 1.807) is 0 Å². The quantitative estimate of drug-likeness (QED) is 0.907. The molecule has 0 bridgehead atoms. The highest BCUT2D eigenvalue weighted by molar-refractivity contribution is 7.21. The van der Waals surface area contributed by atoms with Crippen LogP contribution in [-0.4, -0.2) is 11.9 Å². The van der Waals surface area contributed by atoms with Crippen LogP contribution in [0.4, 0.5) is 5.69 Å². The van der Waals surface area contributed by atoms with Crippen LogP contribution in [0.1, 0.15) is 29.4 Å². The Bertz CT molecular complexity index is 652. The van der Waals surface area contributed by atoms with E-state index in [1.165, 1.54) is 11.3 Å². The number of nitrogens with one attached hydrogen (secondary N) is 1. The van der Waals surface area contributed by atoms with Crippen LogP contribution >= 0.6 is 22.9 Å². The van der Waals surface area contributed by atoms with Crippen molar-refractivity contribution in [1.29, 1.82) is 0 Å². The van der Waals surface area contributed by atoms with Crippen molar-refractivity contribution < 1.29 is 4.79 Å². The third kappa shape index (κ3) is 2.30. The van der Waals surface area contributed by atoms with Gasteiger partial charge < -0.3 is 11.1 Å². The van der Waals surface area contributed by atoms with Crippen molar-refractivity contribution in [2.24, 2.45) is 5.92 Å². The second kappa shape index (κ2) is 4.69. The maximum absolute atomic E-state index is 12.2. The molecule has 1 aliphatic rings. The molecule has 19 heavy (non-hydrogen) atoms. The van der Waals surface area contributed by atoms with Gasteiger partial charge in [0.2, 0.25) is 0 Å². The van der Waals surface area contributed by atoms with E-state index in [0.29, 0.717) is 27.5 Å². The Hall–Kier alpha value is -1.26. The SMILES string of the molecule is CCC1CC1NC(=O)c1sc2ccc(Cl)cc2c1N. The summed E-state index contributed by atoms with van der Waals surface area (Å²) in [7, 11) is 0. The molecule has 0 spiro atoms. The highest BCUT2D eigenvalue weighted by atomic mass is 35.5. The first-order chi connectivity index (χ1) is 9.10. The number of anilines is 1. The van der Waals surface area contributed by atoms with Gasteiger partial charge in [-0.05, 0) is 30.5 Å². The van der Waals surface area contributed by atoms with E-state index < -0.39 is 0 Å². The lowest BCUT2D eigenvalue weighted by Gasteiger charge is -2.02. The summed E-state index contributed by atoms with van der Waals surface area (Å²) >= 11 is 7.38. The van der Waals surface area contributed by atoms with Crippen LogP contribution in [0.2, 0.25) is 5.02 Å². The number of fused-ring (bicyclic) bond motifs is 1. The third-order valence-electron chi connectivity index (χ3n) is 3.66. The van der Waals surface area contributed by atoms with E-state index >= 15 is 0 Å². The van der Waals surface area contributed by atoms with Gasteiger partial charge >= 0.3 is 0 Å². The molecule has 100 valence electrons. The number of thiophene rings is 1. The average Bonchev–Trinajstić information content (AvgIpc) is 3.06. The average molecular weight is 295 g/mol. The second-order valence-electron chi connectivity index (χ2n) is 4.97. The van der Waals surface area contributed by atoms with Crippen molar-refractivity contribution in [2.75, 3.05) is 5.73 Å². The Kier molecular flexibility index (Phi) is 3.15. The fourth-order valence-corrected chi connectivity index (χ4v) is 3.55. The number of halogens is 1. The minimum Gasteiger partial charge on any atom is -0.397 e. The summed E-state index contributed by atoms with van der Waals surface area (Å²) in [6.07, 6.45) is 2.20. The molecule has 1 amide bonds. The van der Waals surface area contributed by atoms with Gasteiger partial charge in [-0.2, -0.15) is 0 Å². The molecule has 1 heterocycles. The standard InChI is InChI=1S/C14H15ClN2OS/c1-2-7-5-10(7)17-14(18)13-12(16)9-6-8(15)3-4-11(9)19-13/h3-4,6-7,10H,2,5,16H2,1H3,(H,17,18). The Morgan fingerprint density at radius 2 is 2.37 bits per heavy atom. The first-order valence-corrected chi connectivity index (χ1v) is 7.58. The lowest BCUT2D eigenvalue weighted by atomic mass is 10.2. The molecule has 3 N–H and O–H groups in total. The van der Waals surface area contributed by atoms with Crippen molar-refractivity contribution in [3.63, 3.8) is 0 Å². The summed E-state index contributed by atoms with van der Waals surface area (Å²) in [6, 6.07) is 5.85. The van der Waals surface area contributed by atoms with Crippen molar-refractivity contribution in [1.82, 2.24) is 5.32 Å². The molecule has 1 saturated carbocycles. The topological polar surface area (TPSA) is 55.1 Å². The fourth-order valence-electron chi connectivity index (χ4n) is 2.37. The number of benzene rings is 1. The number of nitrogens with two attached hydrogens (primary N) is 1. The minimum atomic E-state index is -0.0595. The molecule has 2 aromatic rings. The zero-order valence-corrected chi connectivity index (χ0v) is 12.1. The predicted octanol–water partition coefficient (Wildman–Crippen LogP) is 3.67. The number of rotatable bonds is 3. The van der Waals surface area contributed by atoms with Gasteiger partial charge in [0.15, 0.2) is 0 Å². The number of carbonyl (C=O) groups excluding carboxylic acids is 1. The van der Waals surface area contributed by atoms with Crippen LogP contribution in [-0.2, 0) is 0 Å². The molecule has 0 radical (unpaired) electrons. The van der Waals surface area contributed by atoms with Gasteiger partial charge in [0.25, 0.3) is 5.91 Å². The molecule has 2 atom stereocenters. The van der Waals surface area contributed by atoms with Gasteiger partial charge in [0.05, 0.1) is 5.69 Å². The summed E-state index contributed by atoms with van der Waals surface area (Å²) in [5.41, 5.74) is 6.60. The largest absolute Gasteiger partial charge is 0.397 e. The monoisotopic (exact) mass is 294 g/mol. The fraction of sp³-hybridized carbons (Fsp3) is 0.357. The highest BCUT2D eigenvalue weighted by Gasteiger charge is 2.37. The second-order valence-corrected chi connectivity index (χ2v) is 6.46. The molecule has 1 aromatic carbocycles. The van der Waals surface area contributed by atoms with Gasteiger partial charge in [-0.15, -0.1) is 11.3 Å². The Morgan fingerprint density at radius 1 is 1.58 bits per heavy atom. The van der Waals surface area contributed by atoms with Gasteiger partial charge in [-0.1, -0.05) is 24.9 Å². The molecule has 0 saturated heterocycles. The summed E-state index contributed by atoms with van der Waals surface area (Å²) < 4.78 is 0.995. The number of hydrogen-bond acceptors (Lipinski definition) is 3. The van der Waals surface area contributed by atoms with Gasteiger partial charge in [-0.3, -0.25) is 4.79 Å². The lowest BCUT2D eigenvalue weighted by Crippen LogP contribution is -2.26.